The fraction of sp³-hybridized carbons (Fsp3) is 0.242. The van der Waals surface area contributed by atoms with E-state index in [1.54, 1.807) is 25.3 Å². The Morgan fingerprint density at radius 1 is 1.02 bits per heavy atom. The Kier molecular flexibility index (Phi) is 10.5. The second kappa shape index (κ2) is 14.5. The van der Waals surface area contributed by atoms with Crippen molar-refractivity contribution in [2.75, 3.05) is 27.4 Å². The Morgan fingerprint density at radius 3 is 2.51 bits per heavy atom. The van der Waals surface area contributed by atoms with E-state index in [9.17, 15) is 9.59 Å². The molecule has 0 fully saturated rings. The van der Waals surface area contributed by atoms with Crippen molar-refractivity contribution in [3.8, 4) is 23.0 Å². The number of esters is 1. The van der Waals surface area contributed by atoms with Crippen LogP contribution in [0.3, 0.4) is 0 Å². The van der Waals surface area contributed by atoms with Gasteiger partial charge in [0.15, 0.2) is 27.8 Å². The number of thiazole rings is 1. The van der Waals surface area contributed by atoms with E-state index < -0.39 is 12.0 Å². The zero-order valence-corrected chi connectivity index (χ0v) is 28.7. The Balaban J connectivity index is 1.56. The standard InChI is InChI=1S/C33H30ClIN2O7S/c1-5-42-25-11-10-21(16-26(25)43-6-2)29-23(32(39)41-4)17-36-33-37(29)31(38)28(45-33)15-20-13-24(35)30(27(14-20)40-3)44-18-19-8-7-9-22(34)12-19/h7-17,29H,5-6,18H2,1-4H3/b28-15+/t29-/m0/s1. The maximum absolute atomic E-state index is 14.0. The molecule has 0 aliphatic carbocycles. The normalized spacial score (nSPS) is 14.2. The molecule has 45 heavy (non-hydrogen) atoms. The summed E-state index contributed by atoms with van der Waals surface area (Å²) in [6, 6.07) is 15.8. The monoisotopic (exact) mass is 760 g/mol. The number of methoxy groups -OCH3 is 2. The molecule has 0 N–H and O–H groups in total. The Bertz CT molecular complexity index is 1950. The van der Waals surface area contributed by atoms with Crippen molar-refractivity contribution in [2.24, 2.45) is 4.99 Å². The number of benzene rings is 3. The lowest BCUT2D eigenvalue weighted by Gasteiger charge is -2.23. The van der Waals surface area contributed by atoms with Crippen LogP contribution in [0.2, 0.25) is 5.02 Å². The number of hydrogen-bond acceptors (Lipinski definition) is 9. The maximum atomic E-state index is 14.0. The number of carbonyl (C=O) groups is 1. The summed E-state index contributed by atoms with van der Waals surface area (Å²) in [6.07, 6.45) is 3.23. The van der Waals surface area contributed by atoms with E-state index in [4.69, 9.17) is 35.3 Å². The van der Waals surface area contributed by atoms with E-state index in [1.807, 2.05) is 56.3 Å². The molecule has 1 aliphatic rings. The van der Waals surface area contributed by atoms with Crippen LogP contribution in [-0.2, 0) is 16.1 Å². The van der Waals surface area contributed by atoms with Gasteiger partial charge in [-0.3, -0.25) is 9.36 Å². The van der Waals surface area contributed by atoms with Crippen LogP contribution in [-0.4, -0.2) is 38.0 Å². The molecule has 0 radical (unpaired) electrons. The summed E-state index contributed by atoms with van der Waals surface area (Å²) in [5.74, 6) is 1.60. The molecule has 12 heteroatoms. The maximum Gasteiger partial charge on any atom is 0.337 e. The van der Waals surface area contributed by atoms with Crippen LogP contribution in [0.5, 0.6) is 23.0 Å². The first-order valence-electron chi connectivity index (χ1n) is 14.0. The molecule has 4 aromatic rings. The van der Waals surface area contributed by atoms with Crippen molar-refractivity contribution in [3.63, 3.8) is 0 Å². The molecule has 3 aromatic carbocycles. The minimum absolute atomic E-state index is 0.223. The first-order chi connectivity index (χ1) is 21.8. The topological polar surface area (TPSA) is 97.6 Å². The Morgan fingerprint density at radius 2 is 1.80 bits per heavy atom. The summed E-state index contributed by atoms with van der Waals surface area (Å²) >= 11 is 9.53. The van der Waals surface area contributed by atoms with Crippen molar-refractivity contribution < 1.29 is 28.5 Å². The average Bonchev–Trinajstić information content (AvgIpc) is 3.35. The lowest BCUT2D eigenvalue weighted by molar-refractivity contribution is -0.136. The van der Waals surface area contributed by atoms with Crippen LogP contribution in [0.25, 0.3) is 6.08 Å². The van der Waals surface area contributed by atoms with Crippen LogP contribution in [0.4, 0.5) is 0 Å². The van der Waals surface area contributed by atoms with Gasteiger partial charge in [-0.05, 0) is 95.6 Å². The van der Waals surface area contributed by atoms with Crippen molar-refractivity contribution in [3.05, 3.63) is 111 Å². The second-order valence-electron chi connectivity index (χ2n) is 9.70. The molecule has 2 heterocycles. The van der Waals surface area contributed by atoms with Crippen LogP contribution < -0.4 is 33.8 Å². The van der Waals surface area contributed by atoms with Crippen molar-refractivity contribution >= 4 is 57.6 Å². The van der Waals surface area contributed by atoms with Gasteiger partial charge < -0.3 is 23.7 Å². The molecule has 1 aromatic heterocycles. The highest BCUT2D eigenvalue weighted by molar-refractivity contribution is 14.1. The zero-order valence-electron chi connectivity index (χ0n) is 25.0. The molecule has 0 saturated carbocycles. The van der Waals surface area contributed by atoms with Gasteiger partial charge in [0.05, 0.1) is 47.2 Å². The molecule has 0 amide bonds. The molecule has 9 nitrogen and oxygen atoms in total. The van der Waals surface area contributed by atoms with Crippen molar-refractivity contribution in [1.82, 2.24) is 4.57 Å². The smallest absolute Gasteiger partial charge is 0.337 e. The quantitative estimate of drug-likeness (QED) is 0.144. The fourth-order valence-corrected chi connectivity index (χ4v) is 6.85. The Hall–Kier alpha value is -3.81. The number of nitrogens with zero attached hydrogens (tertiary/aromatic N) is 2. The van der Waals surface area contributed by atoms with Crippen molar-refractivity contribution in [1.29, 1.82) is 0 Å². The number of halogens is 2. The third-order valence-corrected chi connectivity index (χ3v) is 8.86. The molecule has 0 bridgehead atoms. The van der Waals surface area contributed by atoms with Crippen LogP contribution in [0.15, 0.2) is 76.2 Å². The van der Waals surface area contributed by atoms with Crippen LogP contribution in [0.1, 0.15) is 36.6 Å². The minimum atomic E-state index is -0.789. The van der Waals surface area contributed by atoms with Gasteiger partial charge in [-0.25, -0.2) is 9.79 Å². The van der Waals surface area contributed by atoms with Gasteiger partial charge in [0, 0.05) is 11.2 Å². The lowest BCUT2D eigenvalue weighted by Crippen LogP contribution is -2.39. The third-order valence-electron chi connectivity index (χ3n) is 6.83. The molecule has 1 atom stereocenters. The highest BCUT2D eigenvalue weighted by Crippen LogP contribution is 2.36. The first kappa shape index (κ1) is 32.6. The lowest BCUT2D eigenvalue weighted by atomic mass is 9.97. The molecule has 0 unspecified atom stereocenters. The van der Waals surface area contributed by atoms with Gasteiger partial charge in [-0.15, -0.1) is 0 Å². The molecule has 0 spiro atoms. The van der Waals surface area contributed by atoms with E-state index in [0.717, 1.165) is 14.7 Å². The van der Waals surface area contributed by atoms with E-state index in [0.29, 0.717) is 62.7 Å². The molecule has 0 saturated heterocycles. The average molecular weight is 761 g/mol. The van der Waals surface area contributed by atoms with Crippen LogP contribution in [0, 0.1) is 3.57 Å². The van der Waals surface area contributed by atoms with Gasteiger partial charge in [0.1, 0.15) is 6.61 Å². The highest BCUT2D eigenvalue weighted by atomic mass is 127. The van der Waals surface area contributed by atoms with E-state index in [1.165, 1.54) is 29.2 Å². The zero-order chi connectivity index (χ0) is 32.1. The number of hydrogen-bond donors (Lipinski definition) is 0. The van der Waals surface area contributed by atoms with E-state index in [2.05, 4.69) is 27.6 Å². The first-order valence-corrected chi connectivity index (χ1v) is 16.3. The molecule has 234 valence electrons. The summed E-state index contributed by atoms with van der Waals surface area (Å²) in [5, 5.41) is 0.632. The number of ether oxygens (including phenoxy) is 5. The summed E-state index contributed by atoms with van der Waals surface area (Å²) in [7, 11) is 2.86. The molecular weight excluding hydrogens is 731 g/mol. The van der Waals surface area contributed by atoms with Gasteiger partial charge in [-0.2, -0.15) is 0 Å². The summed E-state index contributed by atoms with van der Waals surface area (Å²) in [4.78, 5) is 31.8. The van der Waals surface area contributed by atoms with Gasteiger partial charge >= 0.3 is 5.97 Å². The van der Waals surface area contributed by atoms with Gasteiger partial charge in [-0.1, -0.05) is 41.1 Å². The molecular formula is C33H30ClIN2O7S. The van der Waals surface area contributed by atoms with Crippen LogP contribution >= 0.6 is 45.5 Å². The SMILES string of the molecule is CCOc1ccc([C@H]2C(C(=O)OC)=CN=c3s/c(=C/c4cc(I)c(OCc5cccc(Cl)c5)c(OC)c4)c(=O)n32)cc1OCC. The van der Waals surface area contributed by atoms with Gasteiger partial charge in [0.25, 0.3) is 5.56 Å². The van der Waals surface area contributed by atoms with E-state index >= 15 is 0 Å². The number of fused-ring (bicyclic) bond motifs is 1. The van der Waals surface area contributed by atoms with Crippen molar-refractivity contribution in [2.45, 2.75) is 26.5 Å². The van der Waals surface area contributed by atoms with Gasteiger partial charge in [0.2, 0.25) is 0 Å². The fourth-order valence-electron chi connectivity index (χ4n) is 4.88. The highest BCUT2D eigenvalue weighted by Gasteiger charge is 2.31. The number of aromatic nitrogens is 1. The largest absolute Gasteiger partial charge is 0.493 e. The number of carbonyl (C=O) groups excluding carboxylic acids is 1. The van der Waals surface area contributed by atoms with E-state index in [-0.39, 0.29) is 11.1 Å². The Labute approximate surface area is 282 Å². The number of rotatable bonds is 11. The summed E-state index contributed by atoms with van der Waals surface area (Å²) in [6.45, 7) is 4.95. The molecule has 5 rings (SSSR count). The second-order valence-corrected chi connectivity index (χ2v) is 12.3. The summed E-state index contributed by atoms with van der Waals surface area (Å²) < 4.78 is 31.1. The predicted octanol–water partition coefficient (Wildman–Crippen LogP) is 5.66. The minimum Gasteiger partial charge on any atom is -0.493 e. The third kappa shape index (κ3) is 7.05. The summed E-state index contributed by atoms with van der Waals surface area (Å²) in [5.41, 5.74) is 2.23. The predicted molar refractivity (Wildman–Crippen MR) is 181 cm³/mol. The molecule has 1 aliphatic heterocycles.